The number of aromatic nitrogens is 3. The van der Waals surface area contributed by atoms with Gasteiger partial charge in [0.05, 0.1) is 12.7 Å². The quantitative estimate of drug-likeness (QED) is 0.536. The third kappa shape index (κ3) is 3.46. The van der Waals surface area contributed by atoms with Gasteiger partial charge in [-0.15, -0.1) is 0 Å². The van der Waals surface area contributed by atoms with Crippen LogP contribution in [0.3, 0.4) is 0 Å². The topological polar surface area (TPSA) is 73.6 Å². The minimum atomic E-state index is -0.365. The largest absolute Gasteiger partial charge is 0.465 e. The molecule has 0 aliphatic carbocycles. The number of thioether (sulfide) groups is 1. The zero-order valence-electron chi connectivity index (χ0n) is 13.2. The van der Waals surface area contributed by atoms with Gasteiger partial charge in [0, 0.05) is 11.9 Å². The second-order valence-electron chi connectivity index (χ2n) is 5.20. The molecule has 24 heavy (non-hydrogen) atoms. The van der Waals surface area contributed by atoms with Gasteiger partial charge in [0.15, 0.2) is 5.16 Å². The van der Waals surface area contributed by atoms with Crippen LogP contribution in [0.2, 0.25) is 0 Å². The molecule has 0 radical (unpaired) electrons. The Hall–Kier alpha value is -2.67. The van der Waals surface area contributed by atoms with Crippen molar-refractivity contribution >= 4 is 23.4 Å². The Kier molecular flexibility index (Phi) is 4.61. The number of ether oxygens (including phenoxy) is 1. The molecular weight excluding hydrogens is 326 g/mol. The normalized spacial score (nSPS) is 10.8. The predicted molar refractivity (Wildman–Crippen MR) is 91.3 cm³/mol. The number of carbonyl (C=O) groups is 1. The Bertz CT molecular complexity index is 951. The first kappa shape index (κ1) is 16.2. The van der Waals surface area contributed by atoms with Crippen LogP contribution in [0.25, 0.3) is 5.65 Å². The molecule has 3 rings (SSSR count). The molecule has 0 fully saturated rings. The molecule has 0 spiro atoms. The van der Waals surface area contributed by atoms with E-state index in [2.05, 4.69) is 14.7 Å². The number of benzene rings is 1. The Labute approximate surface area is 142 Å². The highest BCUT2D eigenvalue weighted by Gasteiger charge is 2.07. The molecule has 0 N–H and O–H groups in total. The summed E-state index contributed by atoms with van der Waals surface area (Å²) < 4.78 is 6.09. The number of pyridine rings is 1. The zero-order valence-corrected chi connectivity index (χ0v) is 14.0. The van der Waals surface area contributed by atoms with Crippen LogP contribution in [0.4, 0.5) is 0 Å². The monoisotopic (exact) mass is 341 g/mol. The Balaban J connectivity index is 1.78. The van der Waals surface area contributed by atoms with Gasteiger partial charge in [0.1, 0.15) is 5.65 Å². The van der Waals surface area contributed by atoms with Crippen molar-refractivity contribution in [1.29, 1.82) is 0 Å². The number of hydrogen-bond donors (Lipinski definition) is 0. The summed E-state index contributed by atoms with van der Waals surface area (Å²) >= 11 is 1.38. The van der Waals surface area contributed by atoms with Crippen molar-refractivity contribution in [3.05, 3.63) is 69.8 Å². The van der Waals surface area contributed by atoms with Crippen LogP contribution in [-0.2, 0) is 10.5 Å². The van der Waals surface area contributed by atoms with Crippen molar-refractivity contribution in [1.82, 2.24) is 14.4 Å². The summed E-state index contributed by atoms with van der Waals surface area (Å²) in [4.78, 5) is 31.8. The highest BCUT2D eigenvalue weighted by atomic mass is 32.2. The van der Waals surface area contributed by atoms with E-state index in [1.54, 1.807) is 18.3 Å². The number of hydrogen-bond acceptors (Lipinski definition) is 6. The Morgan fingerprint density at radius 2 is 1.96 bits per heavy atom. The lowest BCUT2D eigenvalue weighted by Crippen LogP contribution is -2.19. The third-order valence-corrected chi connectivity index (χ3v) is 4.36. The molecule has 0 aliphatic heterocycles. The molecule has 6 nitrogen and oxygen atoms in total. The van der Waals surface area contributed by atoms with Crippen LogP contribution in [-0.4, -0.2) is 27.4 Å². The summed E-state index contributed by atoms with van der Waals surface area (Å²) in [6, 6.07) is 10.8. The van der Waals surface area contributed by atoms with Crippen LogP contribution >= 0.6 is 11.8 Å². The smallest absolute Gasteiger partial charge is 0.355 e. The second kappa shape index (κ2) is 6.84. The average molecular weight is 341 g/mol. The molecule has 3 aromatic rings. The molecule has 0 bridgehead atoms. The van der Waals surface area contributed by atoms with Crippen molar-refractivity contribution in [3.8, 4) is 0 Å². The van der Waals surface area contributed by atoms with Gasteiger partial charge in [0.25, 0.3) is 0 Å². The van der Waals surface area contributed by atoms with Crippen molar-refractivity contribution in [2.45, 2.75) is 17.8 Å². The molecule has 7 heteroatoms. The van der Waals surface area contributed by atoms with Crippen molar-refractivity contribution < 1.29 is 9.53 Å². The first-order valence-electron chi connectivity index (χ1n) is 7.24. The standard InChI is InChI=1S/C17H15N3O3S/c1-11-7-8-20-14(9-11)18-16(19-17(20)22)24-10-12-3-5-13(6-4-12)15(21)23-2/h3-9H,10H2,1-2H3. The number of esters is 1. The van der Waals surface area contributed by atoms with Crippen LogP contribution in [0.15, 0.2) is 52.5 Å². The zero-order chi connectivity index (χ0) is 17.1. The molecule has 122 valence electrons. The highest BCUT2D eigenvalue weighted by molar-refractivity contribution is 7.98. The first-order chi connectivity index (χ1) is 11.6. The van der Waals surface area contributed by atoms with Gasteiger partial charge in [-0.05, 0) is 42.3 Å². The highest BCUT2D eigenvalue weighted by Crippen LogP contribution is 2.19. The van der Waals surface area contributed by atoms with Gasteiger partial charge in [-0.2, -0.15) is 4.98 Å². The molecule has 0 saturated carbocycles. The fourth-order valence-corrected chi connectivity index (χ4v) is 2.95. The van der Waals surface area contributed by atoms with E-state index in [-0.39, 0.29) is 11.7 Å². The van der Waals surface area contributed by atoms with Gasteiger partial charge < -0.3 is 4.74 Å². The minimum absolute atomic E-state index is 0.344. The van der Waals surface area contributed by atoms with Gasteiger partial charge in [-0.1, -0.05) is 23.9 Å². The van der Waals surface area contributed by atoms with E-state index in [4.69, 9.17) is 0 Å². The average Bonchev–Trinajstić information content (AvgIpc) is 2.59. The van der Waals surface area contributed by atoms with E-state index in [0.717, 1.165) is 11.1 Å². The summed E-state index contributed by atoms with van der Waals surface area (Å²) in [6.07, 6.45) is 1.67. The maximum Gasteiger partial charge on any atom is 0.355 e. The molecular formula is C17H15N3O3S. The Morgan fingerprint density at radius 3 is 2.67 bits per heavy atom. The molecule has 0 aliphatic rings. The summed E-state index contributed by atoms with van der Waals surface area (Å²) in [5.74, 6) is 0.235. The van der Waals surface area contributed by atoms with Crippen molar-refractivity contribution in [2.24, 2.45) is 0 Å². The van der Waals surface area contributed by atoms with Crippen LogP contribution in [0.5, 0.6) is 0 Å². The molecule has 2 heterocycles. The number of carbonyl (C=O) groups excluding carboxylic acids is 1. The summed E-state index contributed by atoms with van der Waals surface area (Å²) in [7, 11) is 1.35. The first-order valence-corrected chi connectivity index (χ1v) is 8.22. The van der Waals surface area contributed by atoms with Gasteiger partial charge in [-0.25, -0.2) is 14.6 Å². The number of nitrogens with zero attached hydrogens (tertiary/aromatic N) is 3. The van der Waals surface area contributed by atoms with E-state index in [0.29, 0.717) is 22.1 Å². The van der Waals surface area contributed by atoms with E-state index in [9.17, 15) is 9.59 Å². The summed E-state index contributed by atoms with van der Waals surface area (Å²) in [5.41, 5.74) is 2.77. The van der Waals surface area contributed by atoms with Crippen LogP contribution in [0, 0.1) is 6.92 Å². The molecule has 0 atom stereocenters. The lowest BCUT2D eigenvalue weighted by molar-refractivity contribution is 0.0600. The molecule has 0 amide bonds. The van der Waals surface area contributed by atoms with Crippen LogP contribution in [0.1, 0.15) is 21.5 Å². The number of methoxy groups -OCH3 is 1. The maximum atomic E-state index is 12.0. The SMILES string of the molecule is COC(=O)c1ccc(CSc2nc(=O)n3ccc(C)cc3n2)cc1. The van der Waals surface area contributed by atoms with E-state index in [1.165, 1.54) is 23.3 Å². The van der Waals surface area contributed by atoms with Crippen molar-refractivity contribution in [2.75, 3.05) is 7.11 Å². The predicted octanol–water partition coefficient (Wildman–Crippen LogP) is 2.48. The van der Waals surface area contributed by atoms with Crippen LogP contribution < -0.4 is 5.69 Å². The number of rotatable bonds is 4. The molecule has 0 saturated heterocycles. The fraction of sp³-hybridized carbons (Fsp3) is 0.176. The maximum absolute atomic E-state index is 12.0. The number of fused-ring (bicyclic) bond motifs is 1. The van der Waals surface area contributed by atoms with Gasteiger partial charge in [0.2, 0.25) is 0 Å². The molecule has 2 aromatic heterocycles. The van der Waals surface area contributed by atoms with E-state index < -0.39 is 0 Å². The van der Waals surface area contributed by atoms with Gasteiger partial charge in [-0.3, -0.25) is 4.40 Å². The summed E-state index contributed by atoms with van der Waals surface area (Å²) in [5, 5.41) is 0.433. The lowest BCUT2D eigenvalue weighted by Gasteiger charge is -2.05. The van der Waals surface area contributed by atoms with E-state index in [1.807, 2.05) is 31.2 Å². The second-order valence-corrected chi connectivity index (χ2v) is 6.14. The molecule has 1 aromatic carbocycles. The van der Waals surface area contributed by atoms with Gasteiger partial charge >= 0.3 is 11.7 Å². The fourth-order valence-electron chi connectivity index (χ4n) is 2.16. The molecule has 0 unspecified atom stereocenters. The van der Waals surface area contributed by atoms with E-state index >= 15 is 0 Å². The third-order valence-electron chi connectivity index (χ3n) is 3.44. The lowest BCUT2D eigenvalue weighted by atomic mass is 10.1. The Morgan fingerprint density at radius 1 is 1.21 bits per heavy atom. The number of aryl methyl sites for hydroxylation is 1. The summed E-state index contributed by atoms with van der Waals surface area (Å²) in [6.45, 7) is 1.95. The minimum Gasteiger partial charge on any atom is -0.465 e. The van der Waals surface area contributed by atoms with Crippen molar-refractivity contribution in [3.63, 3.8) is 0 Å².